The maximum Gasteiger partial charge on any atom is 0.322 e. The number of methoxy groups -OCH3 is 1. The molecular weight excluding hydrogens is 478 g/mol. The second-order valence-electron chi connectivity index (χ2n) is 9.39. The van der Waals surface area contributed by atoms with Gasteiger partial charge in [0.05, 0.1) is 12.8 Å². The van der Waals surface area contributed by atoms with E-state index in [0.717, 1.165) is 31.0 Å². The molecule has 3 heterocycles. The Labute approximate surface area is 216 Å². The molecule has 1 fully saturated rings. The van der Waals surface area contributed by atoms with Gasteiger partial charge in [-0.25, -0.2) is 18.6 Å². The Bertz CT molecular complexity index is 1360. The molecule has 1 atom stereocenters. The van der Waals surface area contributed by atoms with Gasteiger partial charge in [-0.2, -0.15) is 0 Å². The number of rotatable bonds is 6. The molecule has 0 unspecified atom stereocenters. The minimum absolute atomic E-state index is 0. The van der Waals surface area contributed by atoms with Crippen molar-refractivity contribution in [2.24, 2.45) is 0 Å². The van der Waals surface area contributed by atoms with E-state index in [1.165, 1.54) is 19.2 Å². The predicted octanol–water partition coefficient (Wildman–Crippen LogP) is 4.87. The van der Waals surface area contributed by atoms with Crippen LogP contribution in [0, 0.1) is 17.0 Å². The van der Waals surface area contributed by atoms with Crippen molar-refractivity contribution in [1.82, 2.24) is 14.8 Å². The van der Waals surface area contributed by atoms with E-state index in [-0.39, 0.29) is 20.6 Å². The van der Waals surface area contributed by atoms with Crippen LogP contribution in [-0.4, -0.2) is 52.8 Å². The van der Waals surface area contributed by atoms with Crippen LogP contribution in [0.4, 0.5) is 25.0 Å². The third kappa shape index (κ3) is 5.10. The summed E-state index contributed by atoms with van der Waals surface area (Å²) in [5.41, 5.74) is 9.95. The van der Waals surface area contributed by atoms with Crippen LogP contribution in [0.3, 0.4) is 0 Å². The number of ether oxygens (including phenoxy) is 1. The summed E-state index contributed by atoms with van der Waals surface area (Å²) in [5.74, 6) is -0.707. The molecule has 2 amide bonds. The molecule has 0 bridgehead atoms. The standard InChI is InChI=1S/C27H28F2N6O2.2H2/c1-37-25-7-5-16(12-32-25)26(31)21-9-18-14-35(27(36)33-24(18)11-23(21)30)20-3-2-8-34(15-20)13-17-4-6-19(28)10-22(17)29;;/h4-7,9-12,20,31H,2-3,8,13-15,30H2,1H3,(H,33,36);2*1H/t20-;;/m0../s1. The Kier molecular flexibility index (Phi) is 6.75. The van der Waals surface area contributed by atoms with E-state index >= 15 is 0 Å². The minimum atomic E-state index is -0.599. The first-order valence-corrected chi connectivity index (χ1v) is 12.1. The zero-order valence-electron chi connectivity index (χ0n) is 20.4. The molecule has 196 valence electrons. The van der Waals surface area contributed by atoms with Crippen molar-refractivity contribution in [2.45, 2.75) is 32.0 Å². The van der Waals surface area contributed by atoms with Crippen molar-refractivity contribution in [3.8, 4) is 5.88 Å². The molecule has 0 saturated carbocycles. The van der Waals surface area contributed by atoms with Gasteiger partial charge in [0.15, 0.2) is 0 Å². The Balaban J connectivity index is 0.00000210. The number of benzene rings is 2. The van der Waals surface area contributed by atoms with E-state index in [9.17, 15) is 13.6 Å². The van der Waals surface area contributed by atoms with Gasteiger partial charge in [-0.1, -0.05) is 6.07 Å². The molecule has 2 aliphatic heterocycles. The topological polar surface area (TPSA) is 108 Å². The molecule has 10 heteroatoms. The number of carbonyl (C=O) groups is 1. The second kappa shape index (κ2) is 10.1. The number of nitrogen functional groups attached to an aromatic ring is 1. The number of nitrogens with zero attached hydrogens (tertiary/aromatic N) is 3. The molecule has 1 aromatic heterocycles. The van der Waals surface area contributed by atoms with Crippen LogP contribution >= 0.6 is 0 Å². The van der Waals surface area contributed by atoms with Crippen LogP contribution in [0.25, 0.3) is 0 Å². The zero-order chi connectivity index (χ0) is 26.1. The van der Waals surface area contributed by atoms with Gasteiger partial charge in [0.25, 0.3) is 0 Å². The summed E-state index contributed by atoms with van der Waals surface area (Å²) < 4.78 is 32.6. The molecular formula is C27H32F2N6O2. The molecule has 0 aliphatic carbocycles. The highest BCUT2D eigenvalue weighted by molar-refractivity contribution is 6.14. The summed E-state index contributed by atoms with van der Waals surface area (Å²) in [7, 11) is 1.53. The highest BCUT2D eigenvalue weighted by Gasteiger charge is 2.33. The number of anilines is 2. The minimum Gasteiger partial charge on any atom is -0.481 e. The summed E-state index contributed by atoms with van der Waals surface area (Å²) in [5, 5.41) is 11.6. The summed E-state index contributed by atoms with van der Waals surface area (Å²) in [6, 6.07) is 10.3. The van der Waals surface area contributed by atoms with Crippen LogP contribution in [0.5, 0.6) is 5.88 Å². The molecule has 1 saturated heterocycles. The Morgan fingerprint density at radius 3 is 2.84 bits per heavy atom. The number of halogens is 2. The number of carbonyl (C=O) groups excluding carboxylic acids is 1. The zero-order valence-corrected chi connectivity index (χ0v) is 20.4. The van der Waals surface area contributed by atoms with E-state index in [0.29, 0.717) is 53.6 Å². The molecule has 8 nitrogen and oxygen atoms in total. The maximum absolute atomic E-state index is 14.2. The SMILES string of the molecule is COc1ccc(C(=N)c2cc3c(cc2N)NC(=O)N([C@H]2CCCN(Cc4ccc(F)cc4F)C2)C3)cn1.[HH].[HH]. The van der Waals surface area contributed by atoms with Gasteiger partial charge in [-0.3, -0.25) is 10.3 Å². The smallest absolute Gasteiger partial charge is 0.322 e. The molecule has 2 aromatic carbocycles. The van der Waals surface area contributed by atoms with Gasteiger partial charge in [0, 0.05) is 74.9 Å². The number of nitrogens with two attached hydrogens (primary N) is 1. The number of pyridine rings is 1. The fraction of sp³-hybridized carbons (Fsp3) is 0.296. The largest absolute Gasteiger partial charge is 0.481 e. The van der Waals surface area contributed by atoms with E-state index in [2.05, 4.69) is 15.2 Å². The van der Waals surface area contributed by atoms with Gasteiger partial charge in [-0.05, 0) is 49.2 Å². The number of urea groups is 1. The van der Waals surface area contributed by atoms with E-state index in [1.54, 1.807) is 29.3 Å². The van der Waals surface area contributed by atoms with Gasteiger partial charge < -0.3 is 20.7 Å². The number of hydrogen-bond donors (Lipinski definition) is 3. The van der Waals surface area contributed by atoms with Crippen molar-refractivity contribution >= 4 is 23.1 Å². The third-order valence-electron chi connectivity index (χ3n) is 6.95. The summed E-state index contributed by atoms with van der Waals surface area (Å²) in [6.45, 7) is 2.07. The van der Waals surface area contributed by atoms with Crippen molar-refractivity contribution in [1.29, 1.82) is 5.41 Å². The molecule has 4 N–H and O–H groups in total. The average molecular weight is 511 g/mol. The molecule has 0 radical (unpaired) electrons. The fourth-order valence-corrected chi connectivity index (χ4v) is 4.99. The number of nitrogens with one attached hydrogen (secondary N) is 2. The van der Waals surface area contributed by atoms with E-state index in [1.807, 2.05) is 6.07 Å². The number of fused-ring (bicyclic) bond motifs is 1. The van der Waals surface area contributed by atoms with Crippen LogP contribution in [0.15, 0.2) is 48.7 Å². The van der Waals surface area contributed by atoms with Crippen LogP contribution in [0.2, 0.25) is 0 Å². The number of likely N-dealkylation sites (tertiary alicyclic amines) is 1. The fourth-order valence-electron chi connectivity index (χ4n) is 4.99. The molecule has 37 heavy (non-hydrogen) atoms. The highest BCUT2D eigenvalue weighted by atomic mass is 19.1. The Morgan fingerprint density at radius 2 is 2.11 bits per heavy atom. The number of amides is 2. The van der Waals surface area contributed by atoms with Gasteiger partial charge in [0.1, 0.15) is 11.6 Å². The van der Waals surface area contributed by atoms with Gasteiger partial charge in [0.2, 0.25) is 5.88 Å². The summed E-state index contributed by atoms with van der Waals surface area (Å²) in [6.07, 6.45) is 3.24. The number of piperidine rings is 1. The maximum atomic E-state index is 14.2. The monoisotopic (exact) mass is 510 g/mol. The van der Waals surface area contributed by atoms with E-state index < -0.39 is 11.6 Å². The van der Waals surface area contributed by atoms with Crippen LogP contribution in [-0.2, 0) is 13.1 Å². The van der Waals surface area contributed by atoms with Crippen molar-refractivity contribution in [3.63, 3.8) is 0 Å². The Morgan fingerprint density at radius 1 is 1.27 bits per heavy atom. The van der Waals surface area contributed by atoms with Crippen LogP contribution in [0.1, 0.15) is 37.9 Å². The van der Waals surface area contributed by atoms with E-state index in [4.69, 9.17) is 15.9 Å². The molecule has 5 rings (SSSR count). The Hall–Kier alpha value is -4.05. The lowest BCUT2D eigenvalue weighted by atomic mass is 9.96. The quantitative estimate of drug-likeness (QED) is 0.324. The first kappa shape index (κ1) is 24.6. The molecule has 3 aromatic rings. The molecule has 0 spiro atoms. The lowest BCUT2D eigenvalue weighted by Gasteiger charge is -2.41. The van der Waals surface area contributed by atoms with Crippen molar-refractivity contribution < 1.29 is 21.2 Å². The predicted molar refractivity (Wildman–Crippen MR) is 141 cm³/mol. The van der Waals surface area contributed by atoms with Crippen molar-refractivity contribution in [2.75, 3.05) is 31.2 Å². The number of aromatic nitrogens is 1. The van der Waals surface area contributed by atoms with Gasteiger partial charge >= 0.3 is 6.03 Å². The normalized spacial score (nSPS) is 17.8. The van der Waals surface area contributed by atoms with Gasteiger partial charge in [-0.15, -0.1) is 0 Å². The highest BCUT2D eigenvalue weighted by Crippen LogP contribution is 2.32. The average Bonchev–Trinajstić information content (AvgIpc) is 2.89. The summed E-state index contributed by atoms with van der Waals surface area (Å²) >= 11 is 0. The first-order chi connectivity index (χ1) is 17.8. The first-order valence-electron chi connectivity index (χ1n) is 12.1. The van der Waals surface area contributed by atoms with Crippen LogP contribution < -0.4 is 15.8 Å². The number of hydrogen-bond acceptors (Lipinski definition) is 6. The third-order valence-corrected chi connectivity index (χ3v) is 6.95. The summed E-state index contributed by atoms with van der Waals surface area (Å²) in [4.78, 5) is 21.1. The lowest BCUT2D eigenvalue weighted by molar-refractivity contribution is 0.107. The lowest BCUT2D eigenvalue weighted by Crippen LogP contribution is -2.52. The molecule has 2 aliphatic rings. The van der Waals surface area contributed by atoms with Crippen molar-refractivity contribution in [3.05, 3.63) is 82.5 Å². The second-order valence-corrected chi connectivity index (χ2v) is 9.39.